The Morgan fingerprint density at radius 3 is 3.00 bits per heavy atom. The van der Waals surface area contributed by atoms with Crippen molar-refractivity contribution < 1.29 is 9.90 Å². The first kappa shape index (κ1) is 11.0. The molecule has 1 aliphatic heterocycles. The van der Waals surface area contributed by atoms with Crippen molar-refractivity contribution in [2.24, 2.45) is 0 Å². The highest BCUT2D eigenvalue weighted by Crippen LogP contribution is 2.28. The Morgan fingerprint density at radius 2 is 2.25 bits per heavy atom. The molecule has 0 spiro atoms. The molecule has 1 aromatic rings. The molecule has 16 heavy (non-hydrogen) atoms. The van der Waals surface area contributed by atoms with E-state index < -0.39 is 5.97 Å². The number of carboxylic acids is 1. The summed E-state index contributed by atoms with van der Waals surface area (Å²) in [7, 11) is 0. The highest BCUT2D eigenvalue weighted by molar-refractivity contribution is 5.69. The fourth-order valence-corrected chi connectivity index (χ4v) is 2.38. The van der Waals surface area contributed by atoms with Gasteiger partial charge in [0.25, 0.3) is 0 Å². The van der Waals surface area contributed by atoms with E-state index in [-0.39, 0.29) is 12.5 Å². The van der Waals surface area contributed by atoms with Gasteiger partial charge >= 0.3 is 5.97 Å². The number of carboxylic acid groups (broad SMARTS) is 1. The summed E-state index contributed by atoms with van der Waals surface area (Å²) in [6, 6.07) is 8.36. The SMILES string of the molecule is C[C@H](CC(=O)O)N1CCCc2ccccc21. The van der Waals surface area contributed by atoms with Gasteiger partial charge in [-0.2, -0.15) is 0 Å². The first-order valence-electron chi connectivity index (χ1n) is 5.75. The molecule has 3 nitrogen and oxygen atoms in total. The Hall–Kier alpha value is -1.51. The van der Waals surface area contributed by atoms with Crippen LogP contribution in [0.15, 0.2) is 24.3 Å². The summed E-state index contributed by atoms with van der Waals surface area (Å²) < 4.78 is 0. The number of benzene rings is 1. The molecule has 0 saturated carbocycles. The molecular formula is C13H17NO2. The predicted molar refractivity (Wildman–Crippen MR) is 63.8 cm³/mol. The second-order valence-electron chi connectivity index (χ2n) is 4.37. The molecule has 0 unspecified atom stereocenters. The first-order chi connectivity index (χ1) is 7.68. The normalized spacial score (nSPS) is 16.7. The molecular weight excluding hydrogens is 202 g/mol. The number of anilines is 1. The number of para-hydroxylation sites is 1. The zero-order valence-electron chi connectivity index (χ0n) is 9.52. The largest absolute Gasteiger partial charge is 0.481 e. The Balaban J connectivity index is 2.21. The molecule has 0 radical (unpaired) electrons. The van der Waals surface area contributed by atoms with E-state index in [1.807, 2.05) is 19.1 Å². The molecule has 0 saturated heterocycles. The summed E-state index contributed by atoms with van der Waals surface area (Å²) in [6.07, 6.45) is 2.42. The maximum atomic E-state index is 10.7. The number of aryl methyl sites for hydroxylation is 1. The standard InChI is InChI=1S/C13H17NO2/c1-10(9-13(15)16)14-8-4-6-11-5-2-3-7-12(11)14/h2-3,5,7,10H,4,6,8-9H2,1H3,(H,15,16)/t10-/m1/s1. The zero-order chi connectivity index (χ0) is 11.5. The maximum Gasteiger partial charge on any atom is 0.305 e. The summed E-state index contributed by atoms with van der Waals surface area (Å²) in [6.45, 7) is 2.95. The lowest BCUT2D eigenvalue weighted by Gasteiger charge is -2.35. The lowest BCUT2D eigenvalue weighted by molar-refractivity contribution is -0.137. The molecule has 2 rings (SSSR count). The topological polar surface area (TPSA) is 40.5 Å². The second-order valence-corrected chi connectivity index (χ2v) is 4.37. The van der Waals surface area contributed by atoms with Gasteiger partial charge in [0, 0.05) is 18.3 Å². The van der Waals surface area contributed by atoms with Gasteiger partial charge in [0.2, 0.25) is 0 Å². The minimum atomic E-state index is -0.726. The third kappa shape index (κ3) is 2.18. The number of hydrogen-bond acceptors (Lipinski definition) is 2. The van der Waals surface area contributed by atoms with Crippen molar-refractivity contribution in [2.45, 2.75) is 32.2 Å². The van der Waals surface area contributed by atoms with E-state index in [0.717, 1.165) is 19.4 Å². The molecule has 1 atom stereocenters. The minimum absolute atomic E-state index is 0.0685. The summed E-state index contributed by atoms with van der Waals surface area (Å²) >= 11 is 0. The molecule has 3 heteroatoms. The van der Waals surface area contributed by atoms with Crippen LogP contribution in [0, 0.1) is 0 Å². The van der Waals surface area contributed by atoms with Crippen LogP contribution >= 0.6 is 0 Å². The average molecular weight is 219 g/mol. The molecule has 0 aromatic heterocycles. The van der Waals surface area contributed by atoms with Crippen molar-refractivity contribution in [3.63, 3.8) is 0 Å². The molecule has 0 amide bonds. The van der Waals surface area contributed by atoms with Crippen LogP contribution in [-0.4, -0.2) is 23.7 Å². The van der Waals surface area contributed by atoms with E-state index in [4.69, 9.17) is 5.11 Å². The van der Waals surface area contributed by atoms with Gasteiger partial charge in [0.15, 0.2) is 0 Å². The summed E-state index contributed by atoms with van der Waals surface area (Å²) in [4.78, 5) is 13.0. The third-order valence-electron chi connectivity index (χ3n) is 3.15. The fraction of sp³-hybridized carbons (Fsp3) is 0.462. The summed E-state index contributed by atoms with van der Waals surface area (Å²) in [5, 5.41) is 8.84. The van der Waals surface area contributed by atoms with Crippen LogP contribution < -0.4 is 4.90 Å². The van der Waals surface area contributed by atoms with Crippen LogP contribution in [-0.2, 0) is 11.2 Å². The molecule has 0 aliphatic carbocycles. The Kier molecular flexibility index (Phi) is 3.13. The quantitative estimate of drug-likeness (QED) is 0.848. The second kappa shape index (κ2) is 4.56. The van der Waals surface area contributed by atoms with Gasteiger partial charge in [0.05, 0.1) is 6.42 Å². The average Bonchev–Trinajstić information content (AvgIpc) is 2.27. The summed E-state index contributed by atoms with van der Waals surface area (Å²) in [5.74, 6) is -0.726. The first-order valence-corrected chi connectivity index (χ1v) is 5.75. The van der Waals surface area contributed by atoms with E-state index >= 15 is 0 Å². The van der Waals surface area contributed by atoms with Crippen LogP contribution in [0.4, 0.5) is 5.69 Å². The number of hydrogen-bond donors (Lipinski definition) is 1. The smallest absolute Gasteiger partial charge is 0.305 e. The monoisotopic (exact) mass is 219 g/mol. The van der Waals surface area contributed by atoms with Gasteiger partial charge in [0.1, 0.15) is 0 Å². The molecule has 1 aromatic carbocycles. The van der Waals surface area contributed by atoms with E-state index in [9.17, 15) is 4.79 Å². The van der Waals surface area contributed by atoms with Crippen molar-refractivity contribution in [3.8, 4) is 0 Å². The molecule has 0 fully saturated rings. The number of aliphatic carboxylic acids is 1. The Bertz CT molecular complexity index is 389. The lowest BCUT2D eigenvalue weighted by atomic mass is 9.99. The highest BCUT2D eigenvalue weighted by Gasteiger charge is 2.22. The van der Waals surface area contributed by atoms with E-state index in [1.54, 1.807) is 0 Å². The van der Waals surface area contributed by atoms with Crippen LogP contribution in [0.5, 0.6) is 0 Å². The fourth-order valence-electron chi connectivity index (χ4n) is 2.38. The molecule has 1 heterocycles. The molecule has 1 N–H and O–H groups in total. The van der Waals surface area contributed by atoms with Gasteiger partial charge in [-0.1, -0.05) is 18.2 Å². The lowest BCUT2D eigenvalue weighted by Crippen LogP contribution is -2.38. The van der Waals surface area contributed by atoms with Crippen molar-refractivity contribution in [2.75, 3.05) is 11.4 Å². The van der Waals surface area contributed by atoms with Crippen molar-refractivity contribution >= 4 is 11.7 Å². The van der Waals surface area contributed by atoms with Crippen LogP contribution in [0.25, 0.3) is 0 Å². The van der Waals surface area contributed by atoms with E-state index in [1.165, 1.54) is 11.3 Å². The number of nitrogens with zero attached hydrogens (tertiary/aromatic N) is 1. The van der Waals surface area contributed by atoms with E-state index in [0.29, 0.717) is 0 Å². The van der Waals surface area contributed by atoms with Gasteiger partial charge in [-0.25, -0.2) is 0 Å². The van der Waals surface area contributed by atoms with Gasteiger partial charge < -0.3 is 10.0 Å². The van der Waals surface area contributed by atoms with Crippen molar-refractivity contribution in [1.82, 2.24) is 0 Å². The zero-order valence-corrected chi connectivity index (χ0v) is 9.52. The van der Waals surface area contributed by atoms with Gasteiger partial charge in [-0.15, -0.1) is 0 Å². The maximum absolute atomic E-state index is 10.7. The number of fused-ring (bicyclic) bond motifs is 1. The Morgan fingerprint density at radius 1 is 1.50 bits per heavy atom. The van der Waals surface area contributed by atoms with Crippen LogP contribution in [0.2, 0.25) is 0 Å². The van der Waals surface area contributed by atoms with Crippen LogP contribution in [0.1, 0.15) is 25.3 Å². The Labute approximate surface area is 95.7 Å². The number of rotatable bonds is 3. The predicted octanol–water partition coefficient (Wildman–Crippen LogP) is 2.30. The third-order valence-corrected chi connectivity index (χ3v) is 3.15. The van der Waals surface area contributed by atoms with Crippen LogP contribution in [0.3, 0.4) is 0 Å². The van der Waals surface area contributed by atoms with Crippen molar-refractivity contribution in [3.05, 3.63) is 29.8 Å². The molecule has 1 aliphatic rings. The molecule has 0 bridgehead atoms. The van der Waals surface area contributed by atoms with Crippen molar-refractivity contribution in [1.29, 1.82) is 0 Å². The minimum Gasteiger partial charge on any atom is -0.481 e. The van der Waals surface area contributed by atoms with E-state index in [2.05, 4.69) is 17.0 Å². The van der Waals surface area contributed by atoms with Gasteiger partial charge in [-0.05, 0) is 31.4 Å². The number of carbonyl (C=O) groups is 1. The summed E-state index contributed by atoms with van der Waals surface area (Å²) in [5.41, 5.74) is 2.55. The molecule has 86 valence electrons. The van der Waals surface area contributed by atoms with Gasteiger partial charge in [-0.3, -0.25) is 4.79 Å². The highest BCUT2D eigenvalue weighted by atomic mass is 16.4.